The first-order chi connectivity index (χ1) is 12.3. The van der Waals surface area contributed by atoms with E-state index in [-0.39, 0.29) is 0 Å². The Kier molecular flexibility index (Phi) is 7.50. The van der Waals surface area contributed by atoms with Crippen LogP contribution in [-0.4, -0.2) is 59.4 Å². The summed E-state index contributed by atoms with van der Waals surface area (Å²) in [4.78, 5) is 6.99. The summed E-state index contributed by atoms with van der Waals surface area (Å²) in [5.41, 5.74) is 3.69. The highest BCUT2D eigenvalue weighted by Crippen LogP contribution is 2.17. The van der Waals surface area contributed by atoms with Gasteiger partial charge in [-0.05, 0) is 71.5 Å². The highest BCUT2D eigenvalue weighted by molar-refractivity contribution is 5.80. The van der Waals surface area contributed by atoms with Crippen LogP contribution in [0.5, 0.6) is 0 Å². The highest BCUT2D eigenvalue weighted by Gasteiger charge is 2.20. The number of rotatable bonds is 6. The fourth-order valence-corrected chi connectivity index (χ4v) is 3.74. The number of nitrogens with one attached hydrogen (secondary N) is 2. The van der Waals surface area contributed by atoms with Gasteiger partial charge in [-0.25, -0.2) is 0 Å². The van der Waals surface area contributed by atoms with Crippen LogP contribution in [0.3, 0.4) is 0 Å². The first-order valence-electron chi connectivity index (χ1n) is 10.0. The lowest BCUT2D eigenvalue weighted by Crippen LogP contribution is -2.49. The van der Waals surface area contributed by atoms with Gasteiger partial charge in [0.1, 0.15) is 0 Å². The standard InChI is InChI=1S/C20H38N6/c1-14-8-10-26(11-9-14)16(3)13-22-20(21-6)23-15(2)12-19-17(4)24-25(7)18(19)5/h14-16H,8-13H2,1-7H3,(H2,21,22,23). The SMILES string of the molecule is CN=C(NCC(C)N1CCC(C)CC1)NC(C)Cc1c(C)nn(C)c1C. The lowest BCUT2D eigenvalue weighted by molar-refractivity contribution is 0.147. The fourth-order valence-electron chi connectivity index (χ4n) is 3.74. The highest BCUT2D eigenvalue weighted by atomic mass is 15.3. The maximum absolute atomic E-state index is 4.52. The Labute approximate surface area is 159 Å². The third-order valence-electron chi connectivity index (χ3n) is 5.78. The van der Waals surface area contributed by atoms with Crippen molar-refractivity contribution in [1.82, 2.24) is 25.3 Å². The Bertz CT molecular complexity index is 598. The number of piperidine rings is 1. The van der Waals surface area contributed by atoms with Crippen LogP contribution in [-0.2, 0) is 13.5 Å². The minimum Gasteiger partial charge on any atom is -0.355 e. The molecule has 26 heavy (non-hydrogen) atoms. The van der Waals surface area contributed by atoms with Crippen LogP contribution < -0.4 is 10.6 Å². The summed E-state index contributed by atoms with van der Waals surface area (Å²) in [7, 11) is 3.85. The van der Waals surface area contributed by atoms with E-state index in [0.717, 1.165) is 30.5 Å². The van der Waals surface area contributed by atoms with Crippen molar-refractivity contribution in [1.29, 1.82) is 0 Å². The summed E-state index contributed by atoms with van der Waals surface area (Å²) in [6, 6.07) is 0.827. The van der Waals surface area contributed by atoms with Crippen LogP contribution in [0.1, 0.15) is 50.6 Å². The molecule has 148 valence electrons. The average Bonchev–Trinajstić information content (AvgIpc) is 2.85. The number of hydrogen-bond donors (Lipinski definition) is 2. The molecular formula is C20H38N6. The quantitative estimate of drug-likeness (QED) is 0.602. The van der Waals surface area contributed by atoms with Gasteiger partial charge in [-0.15, -0.1) is 0 Å². The van der Waals surface area contributed by atoms with E-state index in [4.69, 9.17) is 0 Å². The van der Waals surface area contributed by atoms with E-state index in [0.29, 0.717) is 12.1 Å². The van der Waals surface area contributed by atoms with E-state index >= 15 is 0 Å². The Balaban J connectivity index is 1.81. The Hall–Kier alpha value is -1.56. The molecule has 6 nitrogen and oxygen atoms in total. The van der Waals surface area contributed by atoms with E-state index in [1.54, 1.807) is 0 Å². The average molecular weight is 363 g/mol. The molecule has 0 radical (unpaired) electrons. The zero-order chi connectivity index (χ0) is 19.3. The first-order valence-corrected chi connectivity index (χ1v) is 10.0. The Morgan fingerprint density at radius 1 is 1.27 bits per heavy atom. The number of nitrogens with zero attached hydrogens (tertiary/aromatic N) is 4. The molecule has 2 heterocycles. The summed E-state index contributed by atoms with van der Waals surface area (Å²) in [5, 5.41) is 11.5. The van der Waals surface area contributed by atoms with Gasteiger partial charge in [0.25, 0.3) is 0 Å². The van der Waals surface area contributed by atoms with Crippen molar-refractivity contribution in [2.24, 2.45) is 18.0 Å². The van der Waals surface area contributed by atoms with Crippen LogP contribution in [0.15, 0.2) is 4.99 Å². The molecule has 2 unspecified atom stereocenters. The lowest BCUT2D eigenvalue weighted by Gasteiger charge is -2.35. The minimum absolute atomic E-state index is 0.300. The van der Waals surface area contributed by atoms with Gasteiger partial charge in [0.05, 0.1) is 5.69 Å². The number of guanidine groups is 1. The second-order valence-electron chi connectivity index (χ2n) is 8.04. The molecule has 2 atom stereocenters. The van der Waals surface area contributed by atoms with Crippen molar-refractivity contribution in [3.05, 3.63) is 17.0 Å². The van der Waals surface area contributed by atoms with E-state index in [2.05, 4.69) is 60.2 Å². The van der Waals surface area contributed by atoms with Gasteiger partial charge in [0, 0.05) is 38.4 Å². The number of aryl methyl sites for hydroxylation is 2. The van der Waals surface area contributed by atoms with Gasteiger partial charge in [-0.1, -0.05) is 6.92 Å². The predicted octanol–water partition coefficient (Wildman–Crippen LogP) is 2.25. The summed E-state index contributed by atoms with van der Waals surface area (Å²) in [6.45, 7) is 14.4. The monoisotopic (exact) mass is 362 g/mol. The molecular weight excluding hydrogens is 324 g/mol. The van der Waals surface area contributed by atoms with Crippen LogP contribution in [0.2, 0.25) is 0 Å². The molecule has 0 spiro atoms. The third-order valence-corrected chi connectivity index (χ3v) is 5.78. The van der Waals surface area contributed by atoms with E-state index in [1.807, 2.05) is 18.8 Å². The molecule has 0 aromatic carbocycles. The molecule has 1 fully saturated rings. The van der Waals surface area contributed by atoms with Gasteiger partial charge in [0.2, 0.25) is 0 Å². The largest absolute Gasteiger partial charge is 0.355 e. The van der Waals surface area contributed by atoms with Crippen LogP contribution >= 0.6 is 0 Å². The van der Waals surface area contributed by atoms with Crippen LogP contribution in [0.4, 0.5) is 0 Å². The maximum atomic E-state index is 4.52. The molecule has 6 heteroatoms. The van der Waals surface area contributed by atoms with Crippen molar-refractivity contribution < 1.29 is 0 Å². The first kappa shape index (κ1) is 20.7. The van der Waals surface area contributed by atoms with Crippen LogP contribution in [0.25, 0.3) is 0 Å². The minimum atomic E-state index is 0.300. The molecule has 0 aliphatic carbocycles. The van der Waals surface area contributed by atoms with E-state index in [1.165, 1.54) is 37.2 Å². The van der Waals surface area contributed by atoms with Crippen LogP contribution in [0, 0.1) is 19.8 Å². The molecule has 0 amide bonds. The van der Waals surface area contributed by atoms with Gasteiger partial charge in [0.15, 0.2) is 5.96 Å². The molecule has 2 rings (SSSR count). The number of aromatic nitrogens is 2. The van der Waals surface area contributed by atoms with Gasteiger partial charge >= 0.3 is 0 Å². The normalized spacial score (nSPS) is 19.4. The summed E-state index contributed by atoms with van der Waals surface area (Å²) < 4.78 is 1.96. The Morgan fingerprint density at radius 2 is 1.92 bits per heavy atom. The number of aliphatic imine (C=N–C) groups is 1. The fraction of sp³-hybridized carbons (Fsp3) is 0.800. The number of likely N-dealkylation sites (tertiary alicyclic amines) is 1. The molecule has 1 aromatic heterocycles. The predicted molar refractivity (Wildman–Crippen MR) is 110 cm³/mol. The zero-order valence-electron chi connectivity index (χ0n) is 17.8. The topological polar surface area (TPSA) is 57.5 Å². The van der Waals surface area contributed by atoms with Crippen molar-refractivity contribution in [2.75, 3.05) is 26.7 Å². The second-order valence-corrected chi connectivity index (χ2v) is 8.04. The van der Waals surface area contributed by atoms with Gasteiger partial charge < -0.3 is 10.6 Å². The van der Waals surface area contributed by atoms with Gasteiger partial charge in [-0.2, -0.15) is 5.10 Å². The van der Waals surface area contributed by atoms with E-state index < -0.39 is 0 Å². The zero-order valence-corrected chi connectivity index (χ0v) is 17.8. The molecule has 2 N–H and O–H groups in total. The van der Waals surface area contributed by atoms with Crippen molar-refractivity contribution in [3.63, 3.8) is 0 Å². The molecule has 1 aliphatic rings. The lowest BCUT2D eigenvalue weighted by atomic mass is 9.98. The number of hydrogen-bond acceptors (Lipinski definition) is 3. The summed E-state index contributed by atoms with van der Waals surface area (Å²) in [6.07, 6.45) is 3.59. The second kappa shape index (κ2) is 9.40. The van der Waals surface area contributed by atoms with E-state index in [9.17, 15) is 0 Å². The molecule has 1 saturated heterocycles. The van der Waals surface area contributed by atoms with Crippen molar-refractivity contribution in [3.8, 4) is 0 Å². The van der Waals surface area contributed by atoms with Crippen molar-refractivity contribution in [2.45, 2.75) is 66.0 Å². The van der Waals surface area contributed by atoms with Gasteiger partial charge in [-0.3, -0.25) is 14.6 Å². The summed E-state index contributed by atoms with van der Waals surface area (Å²) >= 11 is 0. The third kappa shape index (κ3) is 5.47. The Morgan fingerprint density at radius 3 is 2.46 bits per heavy atom. The summed E-state index contributed by atoms with van der Waals surface area (Å²) in [5.74, 6) is 1.76. The maximum Gasteiger partial charge on any atom is 0.191 e. The smallest absolute Gasteiger partial charge is 0.191 e. The molecule has 1 aromatic rings. The molecule has 1 aliphatic heterocycles. The molecule has 0 bridgehead atoms. The van der Waals surface area contributed by atoms with Crippen molar-refractivity contribution >= 4 is 5.96 Å². The molecule has 0 saturated carbocycles.